The monoisotopic (exact) mass is 273 g/mol. The van der Waals surface area contributed by atoms with Crippen LogP contribution in [-0.4, -0.2) is 23.0 Å². The maximum atomic E-state index is 11.5. The van der Waals surface area contributed by atoms with E-state index in [0.717, 1.165) is 5.56 Å². The minimum atomic E-state index is -0.603. The first kappa shape index (κ1) is 14.0. The third kappa shape index (κ3) is 3.30. The van der Waals surface area contributed by atoms with Crippen LogP contribution in [0.4, 0.5) is 0 Å². The number of carbonyl (C=O) groups excluding carboxylic acids is 1. The number of carbonyl (C=O) groups is 1. The van der Waals surface area contributed by atoms with E-state index in [1.807, 2.05) is 18.2 Å². The summed E-state index contributed by atoms with van der Waals surface area (Å²) in [6.07, 6.45) is 0. The largest absolute Gasteiger partial charge is 0.463 e. The number of esters is 1. The van der Waals surface area contributed by atoms with Crippen molar-refractivity contribution in [1.29, 1.82) is 0 Å². The highest BCUT2D eigenvalue weighted by atomic mass is 16.5. The Bertz CT molecular complexity index is 629. The molecule has 0 bridgehead atoms. The van der Waals surface area contributed by atoms with E-state index in [4.69, 9.17) is 10.5 Å². The van der Waals surface area contributed by atoms with Crippen molar-refractivity contribution in [3.8, 4) is 11.6 Å². The molecule has 0 amide bonds. The van der Waals surface area contributed by atoms with Crippen molar-refractivity contribution in [3.63, 3.8) is 0 Å². The molecular weight excluding hydrogens is 258 g/mol. The quantitative estimate of drug-likeness (QED) is 0.855. The number of rotatable bonds is 4. The Morgan fingerprint density at radius 1 is 1.30 bits per heavy atom. The van der Waals surface area contributed by atoms with Gasteiger partial charge in [0.25, 0.3) is 0 Å². The zero-order chi connectivity index (χ0) is 14.5. The molecule has 20 heavy (non-hydrogen) atoms. The van der Waals surface area contributed by atoms with Crippen LogP contribution in [0.25, 0.3) is 0 Å². The van der Waals surface area contributed by atoms with Gasteiger partial charge in [0.1, 0.15) is 5.75 Å². The maximum Gasteiger partial charge on any atom is 0.376 e. The van der Waals surface area contributed by atoms with Gasteiger partial charge in [0.15, 0.2) is 0 Å². The molecule has 0 saturated heterocycles. The fourth-order valence-corrected chi connectivity index (χ4v) is 1.63. The van der Waals surface area contributed by atoms with Crippen molar-refractivity contribution in [1.82, 2.24) is 9.97 Å². The Balaban J connectivity index is 2.28. The molecule has 0 radical (unpaired) electrons. The highest BCUT2D eigenvalue weighted by Gasteiger charge is 2.12. The summed E-state index contributed by atoms with van der Waals surface area (Å²) in [6.45, 7) is 2.17. The van der Waals surface area contributed by atoms with E-state index < -0.39 is 5.97 Å². The van der Waals surface area contributed by atoms with E-state index in [-0.39, 0.29) is 11.7 Å². The fourth-order valence-electron chi connectivity index (χ4n) is 1.63. The van der Waals surface area contributed by atoms with Crippen LogP contribution >= 0.6 is 0 Å². The van der Waals surface area contributed by atoms with Crippen molar-refractivity contribution < 1.29 is 14.3 Å². The van der Waals surface area contributed by atoms with Gasteiger partial charge in [-0.15, -0.1) is 0 Å². The molecule has 0 fully saturated rings. The number of methoxy groups -OCH3 is 1. The summed E-state index contributed by atoms with van der Waals surface area (Å²) in [6, 6.07) is 8.98. The molecule has 1 aromatic heterocycles. The number of ether oxygens (including phenoxy) is 2. The number of benzene rings is 1. The molecule has 104 valence electrons. The molecule has 0 aliphatic heterocycles. The van der Waals surface area contributed by atoms with E-state index in [1.165, 1.54) is 7.11 Å². The van der Waals surface area contributed by atoms with Gasteiger partial charge in [-0.1, -0.05) is 12.1 Å². The summed E-state index contributed by atoms with van der Waals surface area (Å²) in [5.74, 6) is 0.251. The molecule has 0 unspecified atom stereocenters. The topological polar surface area (TPSA) is 87.3 Å². The van der Waals surface area contributed by atoms with E-state index in [2.05, 4.69) is 14.7 Å². The molecule has 0 spiro atoms. The lowest BCUT2D eigenvalue weighted by molar-refractivity contribution is 0.0585. The van der Waals surface area contributed by atoms with Gasteiger partial charge in [-0.05, 0) is 24.6 Å². The van der Waals surface area contributed by atoms with E-state index >= 15 is 0 Å². The summed E-state index contributed by atoms with van der Waals surface area (Å²) in [5, 5.41) is 0. The van der Waals surface area contributed by atoms with Crippen molar-refractivity contribution in [2.75, 3.05) is 7.11 Å². The van der Waals surface area contributed by atoms with Crippen LogP contribution in [0.1, 0.15) is 21.9 Å². The van der Waals surface area contributed by atoms with Crippen molar-refractivity contribution in [2.45, 2.75) is 13.5 Å². The van der Waals surface area contributed by atoms with Crippen molar-refractivity contribution >= 4 is 5.97 Å². The van der Waals surface area contributed by atoms with Crippen molar-refractivity contribution in [2.24, 2.45) is 5.73 Å². The number of hydrogen-bond donors (Lipinski definition) is 1. The van der Waals surface area contributed by atoms with Gasteiger partial charge in [0, 0.05) is 18.3 Å². The van der Waals surface area contributed by atoms with E-state index in [0.29, 0.717) is 18.0 Å². The molecule has 1 aromatic carbocycles. The van der Waals surface area contributed by atoms with Crippen LogP contribution in [-0.2, 0) is 11.3 Å². The molecule has 0 aliphatic rings. The third-order valence-electron chi connectivity index (χ3n) is 2.56. The Morgan fingerprint density at radius 2 is 2.10 bits per heavy atom. The molecule has 1 heterocycles. The average Bonchev–Trinajstić information content (AvgIpc) is 2.46. The smallest absolute Gasteiger partial charge is 0.376 e. The lowest BCUT2D eigenvalue weighted by atomic mass is 10.2. The molecule has 0 aliphatic carbocycles. The minimum Gasteiger partial charge on any atom is -0.463 e. The summed E-state index contributed by atoms with van der Waals surface area (Å²) in [5.41, 5.74) is 7.14. The first-order valence-corrected chi connectivity index (χ1v) is 6.03. The molecule has 2 rings (SSSR count). The number of nitrogens with two attached hydrogens (primary N) is 1. The Kier molecular flexibility index (Phi) is 4.27. The number of aryl methyl sites for hydroxylation is 1. The molecule has 2 aromatic rings. The molecule has 0 atom stereocenters. The zero-order valence-electron chi connectivity index (χ0n) is 11.3. The van der Waals surface area contributed by atoms with E-state index in [1.54, 1.807) is 19.1 Å². The first-order valence-electron chi connectivity index (χ1n) is 6.03. The Labute approximate surface area is 116 Å². The first-order chi connectivity index (χ1) is 9.62. The lowest BCUT2D eigenvalue weighted by Gasteiger charge is -2.08. The van der Waals surface area contributed by atoms with Gasteiger partial charge in [-0.2, -0.15) is 4.98 Å². The fraction of sp³-hybridized carbons (Fsp3) is 0.214. The van der Waals surface area contributed by atoms with Gasteiger partial charge in [-0.3, -0.25) is 0 Å². The minimum absolute atomic E-state index is 0.0301. The summed E-state index contributed by atoms with van der Waals surface area (Å²) >= 11 is 0. The van der Waals surface area contributed by atoms with Gasteiger partial charge in [-0.25, -0.2) is 9.78 Å². The second-order valence-electron chi connectivity index (χ2n) is 4.12. The van der Waals surface area contributed by atoms with Gasteiger partial charge in [0.05, 0.1) is 7.11 Å². The maximum absolute atomic E-state index is 11.5. The molecule has 6 nitrogen and oxygen atoms in total. The summed E-state index contributed by atoms with van der Waals surface area (Å²) < 4.78 is 10.2. The van der Waals surface area contributed by atoms with Crippen LogP contribution in [0, 0.1) is 6.92 Å². The molecular formula is C14H15N3O3. The predicted octanol–water partition coefficient (Wildman–Crippen LogP) is 1.82. The molecule has 2 N–H and O–H groups in total. The van der Waals surface area contributed by atoms with Crippen molar-refractivity contribution in [3.05, 3.63) is 47.4 Å². The predicted molar refractivity (Wildman–Crippen MR) is 72.5 cm³/mol. The summed E-state index contributed by atoms with van der Waals surface area (Å²) in [7, 11) is 1.28. The third-order valence-corrected chi connectivity index (χ3v) is 2.56. The van der Waals surface area contributed by atoms with Crippen LogP contribution in [0.3, 0.4) is 0 Å². The standard InChI is InChI=1S/C14H15N3O3/c1-9-6-12(17-13(16-9)14(18)19-2)20-11-5-3-4-10(7-11)8-15/h3-7H,8,15H2,1-2H3. The summed E-state index contributed by atoms with van der Waals surface area (Å²) in [4.78, 5) is 19.5. The van der Waals surface area contributed by atoms with Gasteiger partial charge in [0.2, 0.25) is 11.7 Å². The zero-order valence-corrected chi connectivity index (χ0v) is 11.3. The van der Waals surface area contributed by atoms with Crippen LogP contribution in [0.2, 0.25) is 0 Å². The highest BCUT2D eigenvalue weighted by Crippen LogP contribution is 2.21. The molecule has 0 saturated carbocycles. The lowest BCUT2D eigenvalue weighted by Crippen LogP contribution is -2.09. The average molecular weight is 273 g/mol. The van der Waals surface area contributed by atoms with Crippen LogP contribution < -0.4 is 10.5 Å². The number of aromatic nitrogens is 2. The normalized spacial score (nSPS) is 10.2. The van der Waals surface area contributed by atoms with Gasteiger partial charge >= 0.3 is 5.97 Å². The van der Waals surface area contributed by atoms with Crippen LogP contribution in [0.15, 0.2) is 30.3 Å². The Hall–Kier alpha value is -2.47. The second-order valence-corrected chi connectivity index (χ2v) is 4.12. The Morgan fingerprint density at radius 3 is 2.80 bits per heavy atom. The highest BCUT2D eigenvalue weighted by molar-refractivity contribution is 5.85. The molecule has 6 heteroatoms. The van der Waals surface area contributed by atoms with E-state index in [9.17, 15) is 4.79 Å². The number of hydrogen-bond acceptors (Lipinski definition) is 6. The SMILES string of the molecule is COC(=O)c1nc(C)cc(Oc2cccc(CN)c2)n1. The van der Waals surface area contributed by atoms with Gasteiger partial charge < -0.3 is 15.2 Å². The van der Waals surface area contributed by atoms with Crippen LogP contribution in [0.5, 0.6) is 11.6 Å². The second kappa shape index (κ2) is 6.12. The number of nitrogens with zero attached hydrogens (tertiary/aromatic N) is 2.